The van der Waals surface area contributed by atoms with Gasteiger partial charge in [0.25, 0.3) is 0 Å². The van der Waals surface area contributed by atoms with Crippen LogP contribution in [0, 0.1) is 0 Å². The highest BCUT2D eigenvalue weighted by Crippen LogP contribution is 2.28. The molecule has 0 bridgehead atoms. The number of carbonyl (C=O) groups is 1. The average molecular weight is 297 g/mol. The van der Waals surface area contributed by atoms with Crippen LogP contribution in [0.3, 0.4) is 0 Å². The minimum absolute atomic E-state index is 0.0862. The molecule has 7 heteroatoms. The smallest absolute Gasteiger partial charge is 0.335 e. The lowest BCUT2D eigenvalue weighted by molar-refractivity contribution is 0.0696. The minimum atomic E-state index is -3.77. The molecule has 0 aromatic heterocycles. The summed E-state index contributed by atoms with van der Waals surface area (Å²) in [6.45, 7) is 0.655. The van der Waals surface area contributed by atoms with Crippen LogP contribution in [0.1, 0.15) is 16.8 Å². The van der Waals surface area contributed by atoms with E-state index < -0.39 is 16.0 Å². The van der Waals surface area contributed by atoms with Crippen molar-refractivity contribution in [2.75, 3.05) is 20.2 Å². The molecule has 1 aromatic rings. The van der Waals surface area contributed by atoms with Gasteiger partial charge in [0.2, 0.25) is 10.0 Å². The number of hydrogen-bond acceptors (Lipinski definition) is 4. The Balaban J connectivity index is 2.51. The third-order valence-electron chi connectivity index (χ3n) is 3.05. The summed E-state index contributed by atoms with van der Waals surface area (Å²) < 4.78 is 31.5. The lowest BCUT2D eigenvalue weighted by atomic mass is 10.2. The molecule has 6 nitrogen and oxygen atoms in total. The maximum absolute atomic E-state index is 12.6. The van der Waals surface area contributed by atoms with Crippen molar-refractivity contribution in [1.29, 1.82) is 0 Å². The molecule has 0 spiro atoms. The Bertz CT molecular complexity index is 651. The highest BCUT2D eigenvalue weighted by atomic mass is 32.2. The number of carboxylic acids is 1. The van der Waals surface area contributed by atoms with Crippen LogP contribution < -0.4 is 4.74 Å². The van der Waals surface area contributed by atoms with Crippen LogP contribution in [0.15, 0.2) is 35.2 Å². The van der Waals surface area contributed by atoms with Crippen molar-refractivity contribution in [3.05, 3.63) is 35.9 Å². The van der Waals surface area contributed by atoms with Crippen LogP contribution in [-0.4, -0.2) is 44.0 Å². The van der Waals surface area contributed by atoms with E-state index in [9.17, 15) is 13.2 Å². The van der Waals surface area contributed by atoms with Crippen molar-refractivity contribution in [3.8, 4) is 5.75 Å². The molecule has 1 aromatic carbocycles. The Hall–Kier alpha value is -1.86. The van der Waals surface area contributed by atoms with Gasteiger partial charge in [-0.2, -0.15) is 4.31 Å². The zero-order valence-corrected chi connectivity index (χ0v) is 11.8. The van der Waals surface area contributed by atoms with E-state index >= 15 is 0 Å². The molecule has 0 unspecified atom stereocenters. The number of aromatic carboxylic acids is 1. The summed E-state index contributed by atoms with van der Waals surface area (Å²) in [5, 5.41) is 8.99. The van der Waals surface area contributed by atoms with Gasteiger partial charge in [0, 0.05) is 13.1 Å². The number of rotatable bonds is 4. The van der Waals surface area contributed by atoms with Gasteiger partial charge in [0.05, 0.1) is 12.7 Å². The number of carboxylic acid groups (broad SMARTS) is 1. The third kappa shape index (κ3) is 2.68. The van der Waals surface area contributed by atoms with E-state index in [2.05, 4.69) is 0 Å². The summed E-state index contributed by atoms with van der Waals surface area (Å²) in [5.74, 6) is -1.04. The van der Waals surface area contributed by atoms with E-state index in [1.807, 2.05) is 6.08 Å². The first-order valence-corrected chi connectivity index (χ1v) is 7.47. The number of methoxy groups -OCH3 is 1. The number of hydrogen-bond donors (Lipinski definition) is 1. The fourth-order valence-electron chi connectivity index (χ4n) is 1.99. The first-order valence-electron chi connectivity index (χ1n) is 6.03. The van der Waals surface area contributed by atoms with E-state index in [0.29, 0.717) is 13.0 Å². The van der Waals surface area contributed by atoms with Crippen molar-refractivity contribution in [1.82, 2.24) is 4.31 Å². The Morgan fingerprint density at radius 1 is 1.35 bits per heavy atom. The van der Waals surface area contributed by atoms with E-state index in [0.717, 1.165) is 6.07 Å². The Morgan fingerprint density at radius 2 is 2.10 bits per heavy atom. The van der Waals surface area contributed by atoms with Crippen LogP contribution in [0.25, 0.3) is 0 Å². The second-order valence-electron chi connectivity index (χ2n) is 4.29. The fourth-order valence-corrected chi connectivity index (χ4v) is 3.58. The van der Waals surface area contributed by atoms with Crippen molar-refractivity contribution >= 4 is 16.0 Å². The van der Waals surface area contributed by atoms with Crippen LogP contribution in [-0.2, 0) is 10.0 Å². The maximum Gasteiger partial charge on any atom is 0.335 e. The van der Waals surface area contributed by atoms with Crippen molar-refractivity contribution in [2.45, 2.75) is 11.3 Å². The van der Waals surface area contributed by atoms with Gasteiger partial charge in [0.1, 0.15) is 10.6 Å². The Kier molecular flexibility index (Phi) is 4.10. The molecule has 0 atom stereocenters. The molecule has 1 aliphatic heterocycles. The van der Waals surface area contributed by atoms with Crippen molar-refractivity contribution in [2.24, 2.45) is 0 Å². The molecule has 0 amide bonds. The number of nitrogens with zero attached hydrogens (tertiary/aromatic N) is 1. The van der Waals surface area contributed by atoms with Gasteiger partial charge in [-0.3, -0.25) is 0 Å². The van der Waals surface area contributed by atoms with E-state index in [1.165, 1.54) is 23.5 Å². The first kappa shape index (κ1) is 14.5. The summed E-state index contributed by atoms with van der Waals surface area (Å²) in [5.41, 5.74) is -0.0862. The lowest BCUT2D eigenvalue weighted by Crippen LogP contribution is -2.34. The minimum Gasteiger partial charge on any atom is -0.495 e. The van der Waals surface area contributed by atoms with Crippen LogP contribution >= 0.6 is 0 Å². The van der Waals surface area contributed by atoms with Gasteiger partial charge in [-0.15, -0.1) is 0 Å². The van der Waals surface area contributed by atoms with Crippen LogP contribution in [0.5, 0.6) is 5.75 Å². The molecular formula is C13H15NO5S. The Labute approximate surface area is 117 Å². The highest BCUT2D eigenvalue weighted by Gasteiger charge is 2.28. The van der Waals surface area contributed by atoms with Gasteiger partial charge in [-0.25, -0.2) is 13.2 Å². The normalized spacial score (nSPS) is 16.1. The number of sulfonamides is 1. The fraction of sp³-hybridized carbons (Fsp3) is 0.308. The molecule has 1 aliphatic rings. The molecule has 108 valence electrons. The largest absolute Gasteiger partial charge is 0.495 e. The standard InChI is InChI=1S/C13H15NO5S/c1-19-11-6-5-10(13(15)16)9-12(11)20(17,18)14-7-3-2-4-8-14/h2-3,5-6,9H,4,7-8H2,1H3,(H,15,16). The molecule has 0 fully saturated rings. The Morgan fingerprint density at radius 3 is 2.65 bits per heavy atom. The molecule has 20 heavy (non-hydrogen) atoms. The molecule has 0 saturated heterocycles. The van der Waals surface area contributed by atoms with Gasteiger partial charge in [-0.05, 0) is 24.6 Å². The molecule has 1 N–H and O–H groups in total. The van der Waals surface area contributed by atoms with Crippen molar-refractivity contribution in [3.63, 3.8) is 0 Å². The third-order valence-corrected chi connectivity index (χ3v) is 4.94. The number of benzene rings is 1. The molecule has 2 rings (SSSR count). The highest BCUT2D eigenvalue weighted by molar-refractivity contribution is 7.89. The van der Waals surface area contributed by atoms with E-state index in [1.54, 1.807) is 6.08 Å². The SMILES string of the molecule is COc1ccc(C(=O)O)cc1S(=O)(=O)N1CC=CCC1. The topological polar surface area (TPSA) is 83.9 Å². The summed E-state index contributed by atoms with van der Waals surface area (Å²) >= 11 is 0. The predicted octanol–water partition coefficient (Wildman–Crippen LogP) is 1.34. The summed E-state index contributed by atoms with van der Waals surface area (Å²) in [6, 6.07) is 3.81. The molecule has 0 saturated carbocycles. The zero-order chi connectivity index (χ0) is 14.8. The summed E-state index contributed by atoms with van der Waals surface area (Å²) in [6.07, 6.45) is 4.33. The molecule has 0 aliphatic carbocycles. The van der Waals surface area contributed by atoms with E-state index in [-0.39, 0.29) is 22.8 Å². The van der Waals surface area contributed by atoms with Gasteiger partial charge in [0.15, 0.2) is 0 Å². The predicted molar refractivity (Wildman–Crippen MR) is 72.5 cm³/mol. The summed E-state index contributed by atoms with van der Waals surface area (Å²) in [4.78, 5) is 10.9. The second-order valence-corrected chi connectivity index (χ2v) is 6.20. The number of ether oxygens (including phenoxy) is 1. The zero-order valence-electron chi connectivity index (χ0n) is 10.9. The van der Waals surface area contributed by atoms with Gasteiger partial charge < -0.3 is 9.84 Å². The average Bonchev–Trinajstić information content (AvgIpc) is 2.47. The van der Waals surface area contributed by atoms with E-state index in [4.69, 9.17) is 9.84 Å². The van der Waals surface area contributed by atoms with Gasteiger partial charge in [-0.1, -0.05) is 12.2 Å². The second kappa shape index (κ2) is 5.64. The maximum atomic E-state index is 12.6. The van der Waals surface area contributed by atoms with Gasteiger partial charge >= 0.3 is 5.97 Å². The van der Waals surface area contributed by atoms with Crippen LogP contribution in [0.4, 0.5) is 0 Å². The molecular weight excluding hydrogens is 282 g/mol. The van der Waals surface area contributed by atoms with Crippen molar-refractivity contribution < 1.29 is 23.1 Å². The lowest BCUT2D eigenvalue weighted by Gasteiger charge is -2.23. The monoisotopic (exact) mass is 297 g/mol. The first-order chi connectivity index (χ1) is 9.46. The summed E-state index contributed by atoms with van der Waals surface area (Å²) in [7, 11) is -2.41. The molecule has 1 heterocycles. The quantitative estimate of drug-likeness (QED) is 0.848. The van der Waals surface area contributed by atoms with Crippen LogP contribution in [0.2, 0.25) is 0 Å². The molecule has 0 radical (unpaired) electrons.